The number of ether oxygens (including phenoxy) is 1. The fourth-order valence-electron chi connectivity index (χ4n) is 2.96. The monoisotopic (exact) mass is 331 g/mol. The maximum Gasteiger partial charge on any atom is 0.317 e. The highest BCUT2D eigenvalue weighted by atomic mass is 32.1. The molecule has 0 radical (unpaired) electrons. The van der Waals surface area contributed by atoms with Gasteiger partial charge in [-0.05, 0) is 37.0 Å². The first-order chi connectivity index (χ1) is 11.0. The van der Waals surface area contributed by atoms with Crippen molar-refractivity contribution in [1.29, 1.82) is 0 Å². The van der Waals surface area contributed by atoms with Crippen LogP contribution in [0, 0.1) is 0 Å². The average molecular weight is 331 g/mol. The van der Waals surface area contributed by atoms with Crippen molar-refractivity contribution in [3.63, 3.8) is 0 Å². The largest absolute Gasteiger partial charge is 0.494 e. The van der Waals surface area contributed by atoms with Gasteiger partial charge in [0.05, 0.1) is 12.2 Å². The molecule has 0 fully saturated rings. The van der Waals surface area contributed by atoms with E-state index in [-0.39, 0.29) is 0 Å². The molecule has 0 aliphatic heterocycles. The van der Waals surface area contributed by atoms with Gasteiger partial charge in [-0.2, -0.15) is 0 Å². The summed E-state index contributed by atoms with van der Waals surface area (Å²) in [5.41, 5.74) is 14.1. The number of primary amides is 2. The summed E-state index contributed by atoms with van der Waals surface area (Å²) in [6, 6.07) is 5.14. The van der Waals surface area contributed by atoms with Crippen LogP contribution in [-0.2, 0) is 12.8 Å². The smallest absolute Gasteiger partial charge is 0.317 e. The number of fused-ring (bicyclic) bond motifs is 3. The summed E-state index contributed by atoms with van der Waals surface area (Å²) in [4.78, 5) is 24.0. The van der Waals surface area contributed by atoms with E-state index >= 15 is 0 Å². The van der Waals surface area contributed by atoms with Gasteiger partial charge in [-0.15, -0.1) is 11.3 Å². The van der Waals surface area contributed by atoms with E-state index in [2.05, 4.69) is 5.32 Å². The minimum absolute atomic E-state index is 0.358. The molecule has 3 amide bonds. The molecule has 7 heteroatoms. The lowest BCUT2D eigenvalue weighted by molar-refractivity contribution is 0.100. The number of hydrogen-bond donors (Lipinski definition) is 3. The summed E-state index contributed by atoms with van der Waals surface area (Å²) < 4.78 is 5.69. The second-order valence-corrected chi connectivity index (χ2v) is 6.20. The molecular weight excluding hydrogens is 314 g/mol. The van der Waals surface area contributed by atoms with E-state index in [1.165, 1.54) is 11.3 Å². The second-order valence-electron chi connectivity index (χ2n) is 5.18. The zero-order chi connectivity index (χ0) is 16.6. The first-order valence-electron chi connectivity index (χ1n) is 7.29. The Morgan fingerprint density at radius 3 is 2.65 bits per heavy atom. The number of benzene rings is 1. The number of anilines is 1. The van der Waals surface area contributed by atoms with E-state index in [0.29, 0.717) is 23.6 Å². The topological polar surface area (TPSA) is 107 Å². The highest BCUT2D eigenvalue weighted by Gasteiger charge is 2.28. The Hall–Kier alpha value is -2.54. The fraction of sp³-hybridized carbons (Fsp3) is 0.250. The van der Waals surface area contributed by atoms with Crippen molar-refractivity contribution in [3.8, 4) is 16.2 Å². The number of carbonyl (C=O) groups excluding carboxylic acids is 2. The van der Waals surface area contributed by atoms with Crippen LogP contribution in [0.15, 0.2) is 18.2 Å². The van der Waals surface area contributed by atoms with Crippen molar-refractivity contribution in [2.75, 3.05) is 11.9 Å². The van der Waals surface area contributed by atoms with Gasteiger partial charge in [-0.25, -0.2) is 4.79 Å². The molecule has 0 unspecified atom stereocenters. The van der Waals surface area contributed by atoms with E-state index in [1.807, 2.05) is 25.1 Å². The third-order valence-corrected chi connectivity index (χ3v) is 4.97. The van der Waals surface area contributed by atoms with Crippen LogP contribution in [-0.4, -0.2) is 18.5 Å². The molecule has 6 nitrogen and oxygen atoms in total. The minimum Gasteiger partial charge on any atom is -0.494 e. The Morgan fingerprint density at radius 2 is 2.00 bits per heavy atom. The van der Waals surface area contributed by atoms with Crippen LogP contribution in [0.3, 0.4) is 0 Å². The van der Waals surface area contributed by atoms with Crippen molar-refractivity contribution < 1.29 is 14.3 Å². The van der Waals surface area contributed by atoms with E-state index in [0.717, 1.165) is 33.7 Å². The SMILES string of the molecule is CCOc1cccc2c1CCc1c-2sc(NC(N)=O)c1C(N)=O. The molecule has 0 spiro atoms. The summed E-state index contributed by atoms with van der Waals surface area (Å²) in [6.07, 6.45) is 1.42. The van der Waals surface area contributed by atoms with Gasteiger partial charge >= 0.3 is 6.03 Å². The number of rotatable bonds is 4. The summed E-state index contributed by atoms with van der Waals surface area (Å²) in [7, 11) is 0. The van der Waals surface area contributed by atoms with Gasteiger partial charge in [0.25, 0.3) is 5.91 Å². The van der Waals surface area contributed by atoms with E-state index in [1.54, 1.807) is 0 Å². The average Bonchev–Trinajstić information content (AvgIpc) is 2.85. The van der Waals surface area contributed by atoms with Crippen molar-refractivity contribution in [2.45, 2.75) is 19.8 Å². The predicted octanol–water partition coefficient (Wildman–Crippen LogP) is 2.50. The molecule has 5 N–H and O–H groups in total. The lowest BCUT2D eigenvalue weighted by atomic mass is 9.88. The zero-order valence-corrected chi connectivity index (χ0v) is 13.5. The van der Waals surface area contributed by atoms with Crippen molar-refractivity contribution in [3.05, 3.63) is 34.9 Å². The molecule has 1 aliphatic rings. The summed E-state index contributed by atoms with van der Waals surface area (Å²) in [5.74, 6) is 0.296. The number of carbonyl (C=O) groups is 2. The van der Waals surface area contributed by atoms with E-state index in [4.69, 9.17) is 16.2 Å². The lowest BCUT2D eigenvalue weighted by Gasteiger charge is -2.20. The number of nitrogens with one attached hydrogen (secondary N) is 1. The Balaban J connectivity index is 2.18. The van der Waals surface area contributed by atoms with Crippen molar-refractivity contribution in [2.24, 2.45) is 11.5 Å². The molecule has 0 atom stereocenters. The van der Waals surface area contributed by atoms with Gasteiger partial charge in [-0.3, -0.25) is 10.1 Å². The van der Waals surface area contributed by atoms with Crippen LogP contribution in [0.1, 0.15) is 28.4 Å². The van der Waals surface area contributed by atoms with Crippen LogP contribution < -0.4 is 21.5 Å². The molecule has 1 aliphatic carbocycles. The van der Waals surface area contributed by atoms with Gasteiger partial charge in [0.2, 0.25) is 0 Å². The van der Waals surface area contributed by atoms with Crippen molar-refractivity contribution >= 4 is 28.3 Å². The Bertz CT molecular complexity index is 798. The fourth-order valence-corrected chi connectivity index (χ4v) is 4.27. The van der Waals surface area contributed by atoms with Gasteiger partial charge in [0.1, 0.15) is 10.8 Å². The first kappa shape index (κ1) is 15.4. The highest BCUT2D eigenvalue weighted by Crippen LogP contribution is 2.46. The lowest BCUT2D eigenvalue weighted by Crippen LogP contribution is -2.22. The quantitative estimate of drug-likeness (QED) is 0.801. The normalized spacial score (nSPS) is 12.2. The number of thiophene rings is 1. The minimum atomic E-state index is -0.714. The van der Waals surface area contributed by atoms with Crippen LogP contribution in [0.2, 0.25) is 0 Å². The van der Waals surface area contributed by atoms with Gasteiger partial charge in [0, 0.05) is 10.4 Å². The maximum atomic E-state index is 11.8. The Morgan fingerprint density at radius 1 is 1.26 bits per heavy atom. The van der Waals surface area contributed by atoms with Gasteiger partial charge in [-0.1, -0.05) is 12.1 Å². The van der Waals surface area contributed by atoms with Crippen LogP contribution in [0.5, 0.6) is 5.75 Å². The second kappa shape index (κ2) is 5.92. The molecule has 23 heavy (non-hydrogen) atoms. The van der Waals surface area contributed by atoms with Crippen LogP contribution in [0.25, 0.3) is 10.4 Å². The van der Waals surface area contributed by atoms with Crippen LogP contribution >= 0.6 is 11.3 Å². The Kier molecular flexibility index (Phi) is 3.96. The maximum absolute atomic E-state index is 11.8. The highest BCUT2D eigenvalue weighted by molar-refractivity contribution is 7.20. The standard InChI is InChI=1S/C16H17N3O3S/c1-2-22-11-5-3-4-9-8(11)6-7-10-12(14(17)20)15(19-16(18)21)23-13(9)10/h3-5H,2,6-7H2,1H3,(H2,17,20)(H3,18,19,21). The zero-order valence-electron chi connectivity index (χ0n) is 12.6. The molecular formula is C16H17N3O3S. The third kappa shape index (κ3) is 2.63. The summed E-state index contributed by atoms with van der Waals surface area (Å²) in [6.45, 7) is 2.54. The molecule has 2 aromatic rings. The number of hydrogen-bond acceptors (Lipinski definition) is 4. The number of urea groups is 1. The van der Waals surface area contributed by atoms with E-state index in [9.17, 15) is 9.59 Å². The molecule has 1 aromatic heterocycles. The number of nitrogens with two attached hydrogens (primary N) is 2. The molecule has 1 heterocycles. The predicted molar refractivity (Wildman–Crippen MR) is 90.1 cm³/mol. The third-order valence-electron chi connectivity index (χ3n) is 3.79. The molecule has 3 rings (SSSR count). The first-order valence-corrected chi connectivity index (χ1v) is 8.11. The molecule has 0 saturated carbocycles. The van der Waals surface area contributed by atoms with Crippen LogP contribution in [0.4, 0.5) is 9.80 Å². The van der Waals surface area contributed by atoms with E-state index < -0.39 is 11.9 Å². The number of amides is 3. The van der Waals surface area contributed by atoms with Crippen molar-refractivity contribution in [1.82, 2.24) is 0 Å². The van der Waals surface area contributed by atoms with Gasteiger partial charge in [0.15, 0.2) is 0 Å². The summed E-state index contributed by atoms with van der Waals surface area (Å²) in [5, 5.41) is 2.91. The molecule has 120 valence electrons. The molecule has 0 bridgehead atoms. The summed E-state index contributed by atoms with van der Waals surface area (Å²) >= 11 is 1.32. The Labute approximate surface area is 137 Å². The van der Waals surface area contributed by atoms with Gasteiger partial charge < -0.3 is 16.2 Å². The molecule has 0 saturated heterocycles. The molecule has 1 aromatic carbocycles.